The van der Waals surface area contributed by atoms with Crippen LogP contribution < -0.4 is 4.74 Å². The molecule has 1 N–H and O–H groups in total. The number of phenols is 1. The molecular formula is C14H20O3. The summed E-state index contributed by atoms with van der Waals surface area (Å²) in [7, 11) is 1.39. The van der Waals surface area contributed by atoms with Crippen molar-refractivity contribution in [3.63, 3.8) is 0 Å². The Balaban J connectivity index is 0. The number of benzene rings is 1. The van der Waals surface area contributed by atoms with E-state index in [0.29, 0.717) is 11.8 Å². The number of carbonyl (C=O) groups is 1. The summed E-state index contributed by atoms with van der Waals surface area (Å²) in [4.78, 5) is 10.5. The van der Waals surface area contributed by atoms with Gasteiger partial charge in [-0.1, -0.05) is 33.6 Å². The second kappa shape index (κ2) is 10.6. The summed E-state index contributed by atoms with van der Waals surface area (Å²) in [5.41, 5.74) is 0.629. The molecule has 1 aromatic carbocycles. The Bertz CT molecular complexity index is 376. The molecule has 94 valence electrons. The van der Waals surface area contributed by atoms with E-state index in [2.05, 4.69) is 5.92 Å². The van der Waals surface area contributed by atoms with Gasteiger partial charge in [-0.05, 0) is 12.1 Å². The zero-order valence-corrected chi connectivity index (χ0v) is 11.1. The Hall–Kier alpha value is -1.95. The number of ether oxygens (including phenoxy) is 1. The molecule has 0 fully saturated rings. The van der Waals surface area contributed by atoms with Crippen LogP contribution in [0.5, 0.6) is 11.5 Å². The Morgan fingerprint density at radius 2 is 1.82 bits per heavy atom. The van der Waals surface area contributed by atoms with Crippen LogP contribution in [-0.2, 0) is 0 Å². The van der Waals surface area contributed by atoms with Crippen molar-refractivity contribution in [2.24, 2.45) is 0 Å². The predicted octanol–water partition coefficient (Wildman–Crippen LogP) is 3.25. The molecule has 0 aliphatic carbocycles. The molecule has 0 aliphatic rings. The summed E-state index contributed by atoms with van der Waals surface area (Å²) in [6.45, 7) is 8.00. The first-order valence-electron chi connectivity index (χ1n) is 5.55. The molecule has 3 heteroatoms. The number of carbonyl (C=O) groups excluding carboxylic acids is 1. The van der Waals surface area contributed by atoms with Gasteiger partial charge in [0.1, 0.15) is 0 Å². The molecule has 0 saturated carbocycles. The number of terminal acetylenes is 1. The molecular weight excluding hydrogens is 216 g/mol. The number of rotatable bonds is 2. The quantitative estimate of drug-likeness (QED) is 0.633. The van der Waals surface area contributed by atoms with E-state index in [1.54, 1.807) is 0 Å². The minimum atomic E-state index is -0.184. The number of aromatic hydroxyl groups is 1. The van der Waals surface area contributed by atoms with Crippen LogP contribution in [0.1, 0.15) is 43.6 Å². The molecule has 0 atom stereocenters. The van der Waals surface area contributed by atoms with Crippen molar-refractivity contribution < 1.29 is 14.6 Å². The number of aldehydes is 1. The van der Waals surface area contributed by atoms with Gasteiger partial charge in [0.25, 0.3) is 0 Å². The predicted molar refractivity (Wildman–Crippen MR) is 70.7 cm³/mol. The Morgan fingerprint density at radius 1 is 1.29 bits per heavy atom. The molecule has 17 heavy (non-hydrogen) atoms. The van der Waals surface area contributed by atoms with E-state index >= 15 is 0 Å². The summed E-state index contributed by atoms with van der Waals surface area (Å²) >= 11 is 0. The smallest absolute Gasteiger partial charge is 0.168 e. The molecule has 0 saturated heterocycles. The van der Waals surface area contributed by atoms with Crippen molar-refractivity contribution in [3.8, 4) is 23.8 Å². The van der Waals surface area contributed by atoms with Gasteiger partial charge < -0.3 is 9.84 Å². The van der Waals surface area contributed by atoms with Crippen LogP contribution in [0.2, 0.25) is 0 Å². The number of hydrogen-bond donors (Lipinski definition) is 1. The molecule has 0 amide bonds. The van der Waals surface area contributed by atoms with Crippen molar-refractivity contribution in [2.75, 3.05) is 7.11 Å². The zero-order chi connectivity index (χ0) is 13.8. The van der Waals surface area contributed by atoms with Gasteiger partial charge in [0.05, 0.1) is 12.7 Å². The lowest BCUT2D eigenvalue weighted by molar-refractivity contribution is 0.112. The Kier molecular flexibility index (Phi) is 10.8. The Morgan fingerprint density at radius 3 is 2.18 bits per heavy atom. The van der Waals surface area contributed by atoms with Crippen molar-refractivity contribution in [2.45, 2.75) is 27.7 Å². The SMILES string of the molecule is C#Cc1cc(C=O)c(O)c(OC)c1.CC.CC. The van der Waals surface area contributed by atoms with Crippen LogP contribution in [0.3, 0.4) is 0 Å². The molecule has 1 rings (SSSR count). The van der Waals surface area contributed by atoms with Crippen LogP contribution in [0.15, 0.2) is 12.1 Å². The van der Waals surface area contributed by atoms with Gasteiger partial charge in [0.15, 0.2) is 17.8 Å². The van der Waals surface area contributed by atoms with E-state index in [9.17, 15) is 9.90 Å². The minimum absolute atomic E-state index is 0.132. The average Bonchev–Trinajstić information content (AvgIpc) is 2.43. The lowest BCUT2D eigenvalue weighted by atomic mass is 10.1. The highest BCUT2D eigenvalue weighted by Gasteiger charge is 2.08. The van der Waals surface area contributed by atoms with Gasteiger partial charge in [0.2, 0.25) is 0 Å². The topological polar surface area (TPSA) is 46.5 Å². The number of methoxy groups -OCH3 is 1. The molecule has 0 unspecified atom stereocenters. The van der Waals surface area contributed by atoms with Crippen molar-refractivity contribution in [1.29, 1.82) is 0 Å². The van der Waals surface area contributed by atoms with Gasteiger partial charge in [-0.3, -0.25) is 4.79 Å². The maximum Gasteiger partial charge on any atom is 0.168 e. The molecule has 3 nitrogen and oxygen atoms in total. The van der Waals surface area contributed by atoms with E-state index in [-0.39, 0.29) is 17.1 Å². The minimum Gasteiger partial charge on any atom is -0.504 e. The molecule has 0 spiro atoms. The lowest BCUT2D eigenvalue weighted by Gasteiger charge is -2.05. The highest BCUT2D eigenvalue weighted by Crippen LogP contribution is 2.29. The van der Waals surface area contributed by atoms with Gasteiger partial charge in [-0.15, -0.1) is 6.42 Å². The lowest BCUT2D eigenvalue weighted by Crippen LogP contribution is -1.90. The number of phenolic OH excluding ortho intramolecular Hbond substituents is 1. The maximum absolute atomic E-state index is 10.5. The third-order valence-corrected chi connectivity index (χ3v) is 1.62. The second-order valence-corrected chi connectivity index (χ2v) is 2.38. The van der Waals surface area contributed by atoms with E-state index in [1.807, 2.05) is 27.7 Å². The summed E-state index contributed by atoms with van der Waals surface area (Å²) in [6.07, 6.45) is 5.67. The van der Waals surface area contributed by atoms with Gasteiger partial charge in [-0.25, -0.2) is 0 Å². The van der Waals surface area contributed by atoms with Gasteiger partial charge in [-0.2, -0.15) is 0 Å². The summed E-state index contributed by atoms with van der Waals surface area (Å²) in [6, 6.07) is 2.91. The average molecular weight is 236 g/mol. The van der Waals surface area contributed by atoms with Gasteiger partial charge >= 0.3 is 0 Å². The summed E-state index contributed by atoms with van der Waals surface area (Å²) < 4.78 is 4.83. The fourth-order valence-corrected chi connectivity index (χ4v) is 0.958. The molecule has 0 heterocycles. The first-order valence-corrected chi connectivity index (χ1v) is 5.55. The first-order chi connectivity index (χ1) is 8.22. The van der Waals surface area contributed by atoms with Crippen LogP contribution in [0.25, 0.3) is 0 Å². The van der Waals surface area contributed by atoms with Crippen molar-refractivity contribution >= 4 is 6.29 Å². The third kappa shape index (κ3) is 5.07. The van der Waals surface area contributed by atoms with Crippen LogP contribution in [0, 0.1) is 12.3 Å². The van der Waals surface area contributed by atoms with E-state index in [0.717, 1.165) is 0 Å². The molecule has 0 aromatic heterocycles. The second-order valence-electron chi connectivity index (χ2n) is 2.38. The summed E-state index contributed by atoms with van der Waals surface area (Å²) in [5.74, 6) is 2.38. The number of hydrogen-bond acceptors (Lipinski definition) is 3. The zero-order valence-electron chi connectivity index (χ0n) is 11.1. The summed E-state index contributed by atoms with van der Waals surface area (Å²) in [5, 5.41) is 9.38. The van der Waals surface area contributed by atoms with Crippen LogP contribution in [-0.4, -0.2) is 18.5 Å². The van der Waals surface area contributed by atoms with E-state index < -0.39 is 0 Å². The van der Waals surface area contributed by atoms with Gasteiger partial charge in [0, 0.05) is 5.56 Å². The fourth-order valence-electron chi connectivity index (χ4n) is 0.958. The maximum atomic E-state index is 10.5. The molecule has 0 aliphatic heterocycles. The Labute approximate surface area is 103 Å². The highest BCUT2D eigenvalue weighted by atomic mass is 16.5. The van der Waals surface area contributed by atoms with E-state index in [1.165, 1.54) is 19.2 Å². The van der Waals surface area contributed by atoms with Crippen LogP contribution >= 0.6 is 0 Å². The van der Waals surface area contributed by atoms with Crippen molar-refractivity contribution in [3.05, 3.63) is 23.3 Å². The monoisotopic (exact) mass is 236 g/mol. The normalized spacial score (nSPS) is 7.53. The largest absolute Gasteiger partial charge is 0.504 e. The standard InChI is InChI=1S/C10H8O3.2C2H6/c1-3-7-4-8(6-11)10(12)9(5-7)13-2;2*1-2/h1,4-6,12H,2H3;2*1-2H3. The fraction of sp³-hybridized carbons (Fsp3) is 0.357. The van der Waals surface area contributed by atoms with E-state index in [4.69, 9.17) is 11.2 Å². The highest BCUT2D eigenvalue weighted by molar-refractivity contribution is 5.82. The first kappa shape index (κ1) is 17.4. The molecule has 0 bridgehead atoms. The molecule has 1 aromatic rings. The molecule has 0 radical (unpaired) electrons. The third-order valence-electron chi connectivity index (χ3n) is 1.62. The van der Waals surface area contributed by atoms with Crippen LogP contribution in [0.4, 0.5) is 0 Å². The van der Waals surface area contributed by atoms with Crippen molar-refractivity contribution in [1.82, 2.24) is 0 Å².